The van der Waals surface area contributed by atoms with E-state index in [0.29, 0.717) is 0 Å². The van der Waals surface area contributed by atoms with Crippen molar-refractivity contribution < 1.29 is 13.3 Å². The average Bonchev–Trinajstić information content (AvgIpc) is 2.52. The molecule has 0 bridgehead atoms. The van der Waals surface area contributed by atoms with Gasteiger partial charge in [-0.1, -0.05) is 34.1 Å². The van der Waals surface area contributed by atoms with E-state index in [2.05, 4.69) is 32.6 Å². The van der Waals surface area contributed by atoms with E-state index in [0.717, 1.165) is 6.54 Å². The minimum Gasteiger partial charge on any atom is -0.379 e. The van der Waals surface area contributed by atoms with E-state index in [1.54, 1.807) is 21.3 Å². The molecule has 0 amide bonds. The number of hydrogen-bond donors (Lipinski definition) is 1. The molecule has 0 fully saturated rings. The smallest absolute Gasteiger partial charge is 0.379 e. The lowest BCUT2D eigenvalue weighted by molar-refractivity contribution is 0.163. The first kappa shape index (κ1) is 26.9. The van der Waals surface area contributed by atoms with Crippen molar-refractivity contribution in [3.63, 3.8) is 0 Å². The van der Waals surface area contributed by atoms with E-state index < -0.39 is 9.53 Å². The minimum atomic E-state index is -1.67. The summed E-state index contributed by atoms with van der Waals surface area (Å²) in [7, 11) is 3.05. The Morgan fingerprint density at radius 2 is 1.09 bits per heavy atom. The van der Waals surface area contributed by atoms with Gasteiger partial charge in [0, 0.05) is 21.3 Å². The Labute approximate surface area is 141 Å². The van der Waals surface area contributed by atoms with Crippen LogP contribution < -0.4 is 5.73 Å². The summed E-state index contributed by atoms with van der Waals surface area (Å²) in [5, 5.41) is 0. The van der Waals surface area contributed by atoms with Gasteiger partial charge in [-0.05, 0) is 51.9 Å². The fourth-order valence-electron chi connectivity index (χ4n) is 1.78. The van der Waals surface area contributed by atoms with Crippen LogP contribution in [0, 0.1) is 0 Å². The Hall–Kier alpha value is 0.0169. The molecular weight excluding hydrogens is 296 g/mol. The maximum absolute atomic E-state index is 5.14. The first-order valence-electron chi connectivity index (χ1n) is 8.62. The second-order valence-electron chi connectivity index (χ2n) is 4.98. The van der Waals surface area contributed by atoms with Gasteiger partial charge in [0.15, 0.2) is 0 Å². The van der Waals surface area contributed by atoms with Gasteiger partial charge >= 0.3 is 9.53 Å². The Kier molecular flexibility index (Phi) is 31.7. The molecule has 0 aliphatic carbocycles. The molecule has 138 valence electrons. The largest absolute Gasteiger partial charge is 0.483 e. The molecule has 0 atom stereocenters. The highest BCUT2D eigenvalue weighted by Crippen LogP contribution is 1.94. The van der Waals surface area contributed by atoms with E-state index in [-0.39, 0.29) is 0 Å². The molecule has 0 aliphatic rings. The highest BCUT2D eigenvalue weighted by Gasteiger charge is 2.05. The maximum Gasteiger partial charge on any atom is 0.483 e. The third kappa shape index (κ3) is 25.0. The van der Waals surface area contributed by atoms with Crippen LogP contribution in [0.5, 0.6) is 0 Å². The van der Waals surface area contributed by atoms with Gasteiger partial charge in [-0.3, -0.25) is 0 Å². The zero-order chi connectivity index (χ0) is 17.6. The van der Waals surface area contributed by atoms with Crippen LogP contribution in [0.4, 0.5) is 0 Å². The van der Waals surface area contributed by atoms with Crippen molar-refractivity contribution in [3.05, 3.63) is 0 Å². The molecule has 0 saturated heterocycles. The van der Waals surface area contributed by atoms with Crippen LogP contribution >= 0.6 is 0 Å². The molecule has 6 heteroatoms. The number of rotatable bonds is 11. The van der Waals surface area contributed by atoms with Gasteiger partial charge in [-0.25, -0.2) is 0 Å². The molecule has 0 aromatic carbocycles. The first-order valence-corrected chi connectivity index (χ1v) is 10.0. The Morgan fingerprint density at radius 1 is 0.727 bits per heavy atom. The molecule has 2 N–H and O–H groups in total. The van der Waals surface area contributed by atoms with Crippen LogP contribution in [0.1, 0.15) is 59.8 Å². The highest BCUT2D eigenvalue weighted by molar-refractivity contribution is 6.36. The Balaban J connectivity index is -0.000000263. The molecule has 0 heterocycles. The van der Waals surface area contributed by atoms with Crippen molar-refractivity contribution >= 4 is 9.53 Å². The van der Waals surface area contributed by atoms with E-state index in [9.17, 15) is 0 Å². The third-order valence-corrected chi connectivity index (χ3v) is 3.91. The zero-order valence-corrected chi connectivity index (χ0v) is 17.3. The average molecular weight is 339 g/mol. The molecule has 5 nitrogen and oxygen atoms in total. The lowest BCUT2D eigenvalue weighted by Gasteiger charge is -2.19. The molecule has 0 aromatic heterocycles. The maximum atomic E-state index is 5.14. The van der Waals surface area contributed by atoms with Gasteiger partial charge in [0.05, 0.1) is 0 Å². The van der Waals surface area contributed by atoms with Crippen LogP contribution in [0.3, 0.4) is 0 Å². The fourth-order valence-corrected chi connectivity index (χ4v) is 2.35. The summed E-state index contributed by atoms with van der Waals surface area (Å²) >= 11 is 0. The summed E-state index contributed by atoms with van der Waals surface area (Å²) in [6.07, 6.45) is 6.26. The van der Waals surface area contributed by atoms with Crippen LogP contribution in [0.15, 0.2) is 0 Å². The summed E-state index contributed by atoms with van der Waals surface area (Å²) in [4.78, 5) is 2.54. The van der Waals surface area contributed by atoms with Crippen LogP contribution in [0.2, 0.25) is 0 Å². The molecule has 0 spiro atoms. The second-order valence-corrected chi connectivity index (χ2v) is 6.97. The first-order chi connectivity index (χ1) is 10.6. The quantitative estimate of drug-likeness (QED) is 0.587. The normalized spacial score (nSPS) is 10.1. The van der Waals surface area contributed by atoms with Crippen LogP contribution in [-0.4, -0.2) is 61.9 Å². The third-order valence-electron chi connectivity index (χ3n) is 2.75. The van der Waals surface area contributed by atoms with Crippen molar-refractivity contribution in [2.75, 3.05) is 47.5 Å². The summed E-state index contributed by atoms with van der Waals surface area (Å²) in [5.41, 5.74) is 5.14. The predicted octanol–water partition coefficient (Wildman–Crippen LogP) is 2.91. The van der Waals surface area contributed by atoms with Crippen LogP contribution in [0.25, 0.3) is 0 Å². The molecule has 0 saturated carbocycles. The van der Waals surface area contributed by atoms with Crippen molar-refractivity contribution in [1.82, 2.24) is 4.90 Å². The number of hydrogen-bond acceptors (Lipinski definition) is 5. The van der Waals surface area contributed by atoms with E-state index >= 15 is 0 Å². The topological polar surface area (TPSA) is 57.0 Å². The lowest BCUT2D eigenvalue weighted by atomic mass is 10.3. The molecule has 0 rings (SSSR count). The van der Waals surface area contributed by atoms with Crippen LogP contribution in [-0.2, 0) is 13.3 Å². The molecular formula is C16H42N2O3Si. The molecule has 0 unspecified atom stereocenters. The molecule has 0 aliphatic heterocycles. The standard InChI is InChI=1S/C9H21N.C4H11N.C3H10O3Si/c1-4-7-10(8-5-2)9-6-3;1-2-3-4-5;1-4-7(5-2)6-3/h4-9H2,1-3H3;2-5H2,1H3;7H,1-3H3. The number of unbranched alkanes of at least 4 members (excludes halogenated alkanes) is 1. The van der Waals surface area contributed by atoms with Crippen molar-refractivity contribution in [3.8, 4) is 0 Å². The molecule has 0 aromatic rings. The summed E-state index contributed by atoms with van der Waals surface area (Å²) in [6, 6.07) is 0. The van der Waals surface area contributed by atoms with Crippen molar-refractivity contribution in [2.45, 2.75) is 59.8 Å². The summed E-state index contributed by atoms with van der Waals surface area (Å²) in [5.74, 6) is 0. The van der Waals surface area contributed by atoms with Gasteiger partial charge in [0.1, 0.15) is 0 Å². The van der Waals surface area contributed by atoms with Gasteiger partial charge in [-0.2, -0.15) is 0 Å². The lowest BCUT2D eigenvalue weighted by Crippen LogP contribution is -2.25. The summed E-state index contributed by atoms with van der Waals surface area (Å²) in [6.45, 7) is 13.6. The molecule has 0 radical (unpaired) electrons. The second kappa shape index (κ2) is 25.9. The molecule has 22 heavy (non-hydrogen) atoms. The predicted molar refractivity (Wildman–Crippen MR) is 99.5 cm³/mol. The van der Waals surface area contributed by atoms with E-state index in [1.807, 2.05) is 0 Å². The SMILES string of the molecule is CCCCN.CCCN(CCC)CCC.CO[SiH](OC)OC. The Bertz CT molecular complexity index is 152. The summed E-state index contributed by atoms with van der Waals surface area (Å²) < 4.78 is 14.2. The van der Waals surface area contributed by atoms with Crippen molar-refractivity contribution in [2.24, 2.45) is 5.73 Å². The van der Waals surface area contributed by atoms with E-state index in [1.165, 1.54) is 51.7 Å². The van der Waals surface area contributed by atoms with Gasteiger partial charge < -0.3 is 23.9 Å². The van der Waals surface area contributed by atoms with Gasteiger partial charge in [-0.15, -0.1) is 0 Å². The zero-order valence-electron chi connectivity index (χ0n) is 16.2. The highest BCUT2D eigenvalue weighted by atomic mass is 28.3. The minimum absolute atomic E-state index is 0.844. The van der Waals surface area contributed by atoms with Gasteiger partial charge in [0.25, 0.3) is 0 Å². The van der Waals surface area contributed by atoms with Crippen molar-refractivity contribution in [1.29, 1.82) is 0 Å². The number of nitrogens with two attached hydrogens (primary N) is 1. The number of nitrogens with zero attached hydrogens (tertiary/aromatic N) is 1. The van der Waals surface area contributed by atoms with E-state index in [4.69, 9.17) is 19.0 Å². The van der Waals surface area contributed by atoms with Gasteiger partial charge in [0.2, 0.25) is 0 Å². The Morgan fingerprint density at radius 3 is 1.18 bits per heavy atom. The fraction of sp³-hybridized carbons (Fsp3) is 1.00. The monoisotopic (exact) mass is 338 g/mol.